The molecule has 0 saturated carbocycles. The maximum Gasteiger partial charge on any atom is 0.251 e. The number of alkyl halides is 2. The predicted molar refractivity (Wildman–Crippen MR) is 85.0 cm³/mol. The Hall–Kier alpha value is -1.45. The van der Waals surface area contributed by atoms with Crippen LogP contribution < -0.4 is 4.52 Å². The Bertz CT molecular complexity index is 600. The number of nitrogens with zero attached hydrogens (tertiary/aromatic N) is 1. The summed E-state index contributed by atoms with van der Waals surface area (Å²) >= 11 is 0. The molecule has 1 N–H and O–H groups in total. The van der Waals surface area contributed by atoms with Crippen LogP contribution in [0.3, 0.4) is 0 Å². The normalized spacial score (nSPS) is 11.5. The van der Waals surface area contributed by atoms with Crippen molar-refractivity contribution in [2.24, 2.45) is 0 Å². The average molecular weight is 312 g/mol. The van der Waals surface area contributed by atoms with Gasteiger partial charge in [0.15, 0.2) is 0 Å². The molecule has 21 heavy (non-hydrogen) atoms. The zero-order chi connectivity index (χ0) is 15.2. The number of aromatic nitrogens is 1. The number of hydrogen-bond donors (Lipinski definition) is 1. The van der Waals surface area contributed by atoms with Gasteiger partial charge in [-0.3, -0.25) is 4.90 Å². The molecule has 1 unspecified atom stereocenters. The highest BCUT2D eigenvalue weighted by molar-refractivity contribution is 7.10. The van der Waals surface area contributed by atoms with Crippen LogP contribution in [0.4, 0.5) is 8.78 Å². The smallest absolute Gasteiger partial charge is 0.251 e. The topological polar surface area (TPSA) is 28.3 Å². The molecule has 0 aliphatic rings. The molecule has 1 atom stereocenters. The van der Waals surface area contributed by atoms with Crippen molar-refractivity contribution in [2.75, 3.05) is 19.6 Å². The van der Waals surface area contributed by atoms with Gasteiger partial charge in [0, 0.05) is 30.2 Å². The summed E-state index contributed by atoms with van der Waals surface area (Å²) in [5, 5.41) is 1.00. The molecule has 1 heterocycles. The van der Waals surface area contributed by atoms with E-state index in [4.69, 9.17) is 4.52 Å². The minimum Gasteiger partial charge on any atom is -0.480 e. The third-order valence-corrected chi connectivity index (χ3v) is 3.61. The summed E-state index contributed by atoms with van der Waals surface area (Å²) in [6.07, 6.45) is 1.89. The van der Waals surface area contributed by atoms with Crippen LogP contribution in [-0.4, -0.2) is 35.9 Å². The zero-order valence-corrected chi connectivity index (χ0v) is 12.8. The molecule has 2 aromatic rings. The Morgan fingerprint density at radius 1 is 1.43 bits per heavy atom. The number of fused-ring (bicyclic) bond motifs is 1. The van der Waals surface area contributed by atoms with Crippen molar-refractivity contribution < 1.29 is 13.3 Å². The molecular formula is C15H19F2N2OP. The number of nitrogens with one attached hydrogen (secondary N) is 1. The van der Waals surface area contributed by atoms with Gasteiger partial charge < -0.3 is 9.51 Å². The summed E-state index contributed by atoms with van der Waals surface area (Å²) in [5.41, 5.74) is 2.04. The van der Waals surface area contributed by atoms with Gasteiger partial charge in [0.2, 0.25) is 0 Å². The maximum absolute atomic E-state index is 12.5. The molecule has 0 saturated heterocycles. The Balaban J connectivity index is 2.13. The van der Waals surface area contributed by atoms with Gasteiger partial charge in [-0.25, -0.2) is 8.78 Å². The first-order valence-corrected chi connectivity index (χ1v) is 7.20. The summed E-state index contributed by atoms with van der Waals surface area (Å²) in [7, 11) is 2.24. The van der Waals surface area contributed by atoms with Crippen molar-refractivity contribution >= 4 is 20.4 Å². The second-order valence-corrected chi connectivity index (χ2v) is 5.04. The van der Waals surface area contributed by atoms with Crippen LogP contribution in [0.2, 0.25) is 0 Å². The number of hydrogen-bond acceptors (Lipinski definition) is 2. The third-order valence-electron chi connectivity index (χ3n) is 3.36. The molecule has 0 bridgehead atoms. The Morgan fingerprint density at radius 3 is 2.90 bits per heavy atom. The zero-order valence-electron chi connectivity index (χ0n) is 11.7. The Morgan fingerprint density at radius 2 is 2.24 bits per heavy atom. The van der Waals surface area contributed by atoms with E-state index in [1.807, 2.05) is 24.4 Å². The molecule has 0 aliphatic carbocycles. The van der Waals surface area contributed by atoms with Crippen LogP contribution in [-0.2, 0) is 6.42 Å². The number of H-pyrrole nitrogens is 1. The van der Waals surface area contributed by atoms with Gasteiger partial charge in [-0.05, 0) is 24.1 Å². The van der Waals surface area contributed by atoms with Crippen molar-refractivity contribution in [3.05, 3.63) is 42.6 Å². The summed E-state index contributed by atoms with van der Waals surface area (Å²) in [6, 6.07) is 5.75. The molecule has 3 nitrogen and oxygen atoms in total. The monoisotopic (exact) mass is 312 g/mol. The van der Waals surface area contributed by atoms with Crippen molar-refractivity contribution in [3.8, 4) is 5.75 Å². The van der Waals surface area contributed by atoms with Crippen LogP contribution in [0, 0.1) is 0 Å². The van der Waals surface area contributed by atoms with Crippen LogP contribution in [0.1, 0.15) is 5.56 Å². The SMILES string of the molecule is C=CCN(CCc1c[nH]c2cccc(OP)c12)CC(F)F. The van der Waals surface area contributed by atoms with Crippen molar-refractivity contribution in [3.63, 3.8) is 0 Å². The third kappa shape index (κ3) is 4.02. The van der Waals surface area contributed by atoms with E-state index < -0.39 is 6.43 Å². The van der Waals surface area contributed by atoms with E-state index in [1.54, 1.807) is 11.0 Å². The predicted octanol–water partition coefficient (Wildman–Crippen LogP) is 3.63. The average Bonchev–Trinajstić information content (AvgIpc) is 2.87. The van der Waals surface area contributed by atoms with Crippen molar-refractivity contribution in [2.45, 2.75) is 12.8 Å². The van der Waals surface area contributed by atoms with Gasteiger partial charge in [-0.1, -0.05) is 12.1 Å². The van der Waals surface area contributed by atoms with Gasteiger partial charge in [-0.2, -0.15) is 0 Å². The first kappa shape index (κ1) is 15.9. The van der Waals surface area contributed by atoms with Crippen LogP contribution in [0.5, 0.6) is 5.75 Å². The molecular weight excluding hydrogens is 293 g/mol. The van der Waals surface area contributed by atoms with Crippen molar-refractivity contribution in [1.82, 2.24) is 9.88 Å². The number of benzene rings is 1. The lowest BCUT2D eigenvalue weighted by atomic mass is 10.1. The second kappa shape index (κ2) is 7.53. The van der Waals surface area contributed by atoms with Gasteiger partial charge in [-0.15, -0.1) is 6.58 Å². The molecule has 0 radical (unpaired) electrons. The summed E-state index contributed by atoms with van der Waals surface area (Å²) in [5.74, 6) is 0.762. The van der Waals surface area contributed by atoms with Gasteiger partial charge in [0.25, 0.3) is 6.43 Å². The summed E-state index contributed by atoms with van der Waals surface area (Å²) in [6.45, 7) is 4.39. The largest absolute Gasteiger partial charge is 0.480 e. The van der Waals surface area contributed by atoms with E-state index in [1.165, 1.54) is 0 Å². The highest BCUT2D eigenvalue weighted by atomic mass is 31.0. The lowest BCUT2D eigenvalue weighted by Crippen LogP contribution is -2.31. The number of halogens is 2. The lowest BCUT2D eigenvalue weighted by molar-refractivity contribution is 0.0943. The van der Waals surface area contributed by atoms with Crippen LogP contribution in [0.25, 0.3) is 10.9 Å². The molecule has 1 aromatic heterocycles. The van der Waals surface area contributed by atoms with Gasteiger partial charge >= 0.3 is 0 Å². The molecule has 114 valence electrons. The van der Waals surface area contributed by atoms with E-state index in [-0.39, 0.29) is 6.54 Å². The Labute approximate surface area is 125 Å². The van der Waals surface area contributed by atoms with Crippen LogP contribution >= 0.6 is 9.47 Å². The summed E-state index contributed by atoms with van der Waals surface area (Å²) in [4.78, 5) is 4.88. The van der Waals surface area contributed by atoms with E-state index in [0.29, 0.717) is 19.5 Å². The van der Waals surface area contributed by atoms with E-state index in [9.17, 15) is 8.78 Å². The molecule has 1 aromatic carbocycles. The van der Waals surface area contributed by atoms with Gasteiger partial charge in [0.1, 0.15) is 5.75 Å². The van der Waals surface area contributed by atoms with Crippen molar-refractivity contribution in [1.29, 1.82) is 0 Å². The summed E-state index contributed by atoms with van der Waals surface area (Å²) < 4.78 is 30.4. The fraction of sp³-hybridized carbons (Fsp3) is 0.333. The fourth-order valence-corrected chi connectivity index (χ4v) is 2.62. The van der Waals surface area contributed by atoms with Gasteiger partial charge in [0.05, 0.1) is 16.0 Å². The van der Waals surface area contributed by atoms with E-state index in [2.05, 4.69) is 21.0 Å². The molecule has 2 rings (SSSR count). The standard InChI is InChI=1S/C15H19F2N2OP/c1-2-7-19(10-14(16)17)8-6-11-9-18-12-4-3-5-13(20-21)15(11)12/h2-5,9,14,18H,1,6-8,10,21H2. The lowest BCUT2D eigenvalue weighted by Gasteiger charge is -2.19. The number of rotatable bonds is 8. The first-order chi connectivity index (χ1) is 10.2. The quantitative estimate of drug-likeness (QED) is 0.595. The molecule has 0 aliphatic heterocycles. The van der Waals surface area contributed by atoms with Crippen LogP contribution in [0.15, 0.2) is 37.1 Å². The Kier molecular flexibility index (Phi) is 5.71. The second-order valence-electron chi connectivity index (χ2n) is 4.80. The molecule has 0 fully saturated rings. The fourth-order valence-electron chi connectivity index (χ4n) is 2.43. The van der Waals surface area contributed by atoms with E-state index >= 15 is 0 Å². The minimum absolute atomic E-state index is 0.235. The first-order valence-electron chi connectivity index (χ1n) is 6.72. The molecule has 0 amide bonds. The molecule has 0 spiro atoms. The highest BCUT2D eigenvalue weighted by Crippen LogP contribution is 2.30. The van der Waals surface area contributed by atoms with E-state index in [0.717, 1.165) is 22.2 Å². The molecule has 6 heteroatoms. The highest BCUT2D eigenvalue weighted by Gasteiger charge is 2.13. The minimum atomic E-state index is -2.33. The maximum atomic E-state index is 12.5. The number of aromatic amines is 1.